The van der Waals surface area contributed by atoms with Crippen LogP contribution in [0.15, 0.2) is 53.4 Å². The highest BCUT2D eigenvalue weighted by molar-refractivity contribution is 6.32. The molecule has 214 valence electrons. The van der Waals surface area contributed by atoms with Crippen LogP contribution in [0.4, 0.5) is 0 Å². The minimum atomic E-state index is -0.772. The Hall–Kier alpha value is -3.33. The van der Waals surface area contributed by atoms with Crippen molar-refractivity contribution in [3.63, 3.8) is 0 Å². The minimum Gasteiger partial charge on any atom is -0.460 e. The quantitative estimate of drug-likeness (QED) is 0.146. The van der Waals surface area contributed by atoms with E-state index >= 15 is 0 Å². The number of nitrogens with two attached hydrogens (primary N) is 1. The summed E-state index contributed by atoms with van der Waals surface area (Å²) in [5, 5.41) is 3.53. The van der Waals surface area contributed by atoms with Crippen molar-refractivity contribution >= 4 is 35.2 Å². The zero-order valence-electron chi connectivity index (χ0n) is 23.5. The Kier molecular flexibility index (Phi) is 12.5. The molecule has 1 unspecified atom stereocenters. The van der Waals surface area contributed by atoms with Crippen molar-refractivity contribution in [2.75, 3.05) is 13.1 Å². The molecule has 1 heterocycles. The van der Waals surface area contributed by atoms with E-state index in [1.807, 2.05) is 34.6 Å². The predicted molar refractivity (Wildman–Crippen MR) is 153 cm³/mol. The Morgan fingerprint density at radius 3 is 2.59 bits per heavy atom. The van der Waals surface area contributed by atoms with Crippen molar-refractivity contribution in [2.45, 2.75) is 78.4 Å². The van der Waals surface area contributed by atoms with E-state index in [9.17, 15) is 14.4 Å². The fourth-order valence-corrected chi connectivity index (χ4v) is 4.02. The first-order valence-electron chi connectivity index (χ1n) is 13.3. The number of esters is 1. The first kappa shape index (κ1) is 31.9. The number of halogens is 1. The molecule has 1 aliphatic heterocycles. The van der Waals surface area contributed by atoms with E-state index < -0.39 is 17.6 Å². The van der Waals surface area contributed by atoms with Crippen LogP contribution >= 0.6 is 11.6 Å². The van der Waals surface area contributed by atoms with Crippen LogP contribution < -0.4 is 15.8 Å². The number of ether oxygens (including phenoxy) is 2. The zero-order chi connectivity index (χ0) is 29.0. The second-order valence-corrected chi connectivity index (χ2v) is 11.2. The third kappa shape index (κ3) is 11.9. The maximum atomic E-state index is 13.1. The average molecular weight is 561 g/mol. The Labute approximate surface area is 236 Å². The number of amidine groups is 1. The molecule has 0 fully saturated rings. The Bertz CT molecular complexity index is 1090. The molecule has 2 rings (SSSR count). The molecular weight excluding hydrogens is 520 g/mol. The average Bonchev–Trinajstić information content (AvgIpc) is 3.18. The first-order chi connectivity index (χ1) is 18.4. The molecule has 0 aromatic heterocycles. The van der Waals surface area contributed by atoms with Crippen LogP contribution in [0.5, 0.6) is 5.75 Å². The van der Waals surface area contributed by atoms with Crippen molar-refractivity contribution in [1.29, 1.82) is 0 Å². The molecule has 0 bridgehead atoms. The molecule has 9 nitrogen and oxygen atoms in total. The Balaban J connectivity index is 1.84. The number of nitrogens with one attached hydrogen (secondary N) is 1. The number of carbonyl (C=O) groups is 3. The lowest BCUT2D eigenvalue weighted by Crippen LogP contribution is -2.43. The van der Waals surface area contributed by atoms with Crippen LogP contribution in [-0.2, 0) is 19.1 Å². The number of aliphatic imine (C=N–C) groups is 1. The van der Waals surface area contributed by atoms with Gasteiger partial charge in [-0.1, -0.05) is 44.0 Å². The first-order valence-corrected chi connectivity index (χ1v) is 13.7. The summed E-state index contributed by atoms with van der Waals surface area (Å²) in [5.74, 6) is 0.0251. The Morgan fingerprint density at radius 1 is 1.21 bits per heavy atom. The molecule has 0 aliphatic carbocycles. The minimum absolute atomic E-state index is 0.0401. The largest absolute Gasteiger partial charge is 0.460 e. The standard InChI is InChI=1S/C29H41ClN4O5/c1-20(2)17-23(34-19-21(18-26(34)35)38-24-12-9-8-11-22(24)30)28(37)33-25(31)14-16-32-15-10-6-7-13-27(36)39-29(3,4)5/h8-9,11-12,14,16,18,20,23,32H,6-7,10,13,15,17,19H2,1-5H3,(H2,31,33,37)/b16-14-. The number of hydrogen-bond donors (Lipinski definition) is 2. The van der Waals surface area contributed by atoms with Crippen LogP contribution in [0.3, 0.4) is 0 Å². The van der Waals surface area contributed by atoms with Crippen LogP contribution in [0.2, 0.25) is 5.02 Å². The number of para-hydroxylation sites is 1. The molecule has 1 aliphatic rings. The van der Waals surface area contributed by atoms with Gasteiger partial charge in [-0.05, 0) is 64.2 Å². The van der Waals surface area contributed by atoms with Gasteiger partial charge >= 0.3 is 5.97 Å². The van der Waals surface area contributed by atoms with E-state index in [4.69, 9.17) is 26.8 Å². The van der Waals surface area contributed by atoms with Gasteiger partial charge in [-0.3, -0.25) is 14.4 Å². The number of amides is 2. The van der Waals surface area contributed by atoms with Gasteiger partial charge in [0.15, 0.2) is 0 Å². The summed E-state index contributed by atoms with van der Waals surface area (Å²) < 4.78 is 11.1. The fourth-order valence-electron chi connectivity index (χ4n) is 3.85. The van der Waals surface area contributed by atoms with E-state index in [-0.39, 0.29) is 30.2 Å². The second kappa shape index (κ2) is 15.3. The van der Waals surface area contributed by atoms with Crippen molar-refractivity contribution in [2.24, 2.45) is 16.6 Å². The summed E-state index contributed by atoms with van der Waals surface area (Å²) in [4.78, 5) is 43.0. The highest BCUT2D eigenvalue weighted by Crippen LogP contribution is 2.28. The van der Waals surface area contributed by atoms with Crippen LogP contribution in [0.1, 0.15) is 66.7 Å². The molecule has 0 spiro atoms. The van der Waals surface area contributed by atoms with Gasteiger partial charge in [0, 0.05) is 25.2 Å². The lowest BCUT2D eigenvalue weighted by molar-refractivity contribution is -0.154. The molecule has 10 heteroatoms. The fraction of sp³-hybridized carbons (Fsp3) is 0.517. The molecule has 39 heavy (non-hydrogen) atoms. The predicted octanol–water partition coefficient (Wildman–Crippen LogP) is 4.75. The van der Waals surface area contributed by atoms with Gasteiger partial charge in [0.25, 0.3) is 11.8 Å². The second-order valence-electron chi connectivity index (χ2n) is 10.8. The van der Waals surface area contributed by atoms with Crippen LogP contribution in [0.25, 0.3) is 0 Å². The molecule has 0 radical (unpaired) electrons. The maximum Gasteiger partial charge on any atom is 0.306 e. The van der Waals surface area contributed by atoms with Crippen molar-refractivity contribution < 1.29 is 23.9 Å². The van der Waals surface area contributed by atoms with Crippen LogP contribution in [0, 0.1) is 5.92 Å². The molecule has 0 saturated carbocycles. The van der Waals surface area contributed by atoms with E-state index in [2.05, 4.69) is 10.3 Å². The number of hydrogen-bond acceptors (Lipinski definition) is 6. The number of rotatable bonds is 14. The normalized spacial score (nSPS) is 15.1. The topological polar surface area (TPSA) is 123 Å². The SMILES string of the molecule is CC(C)CC(C(=O)N=C(N)/C=C\NCCCCCC(=O)OC(C)(C)C)N1CC(Oc2ccccc2Cl)=CC1=O. The Morgan fingerprint density at radius 2 is 1.92 bits per heavy atom. The summed E-state index contributed by atoms with van der Waals surface area (Å²) in [5.41, 5.74) is 5.50. The third-order valence-corrected chi connectivity index (χ3v) is 5.87. The molecule has 0 saturated heterocycles. The zero-order valence-corrected chi connectivity index (χ0v) is 24.3. The number of nitrogens with zero attached hydrogens (tertiary/aromatic N) is 2. The lowest BCUT2D eigenvalue weighted by atomic mass is 10.0. The van der Waals surface area contributed by atoms with Crippen molar-refractivity contribution in [3.05, 3.63) is 53.4 Å². The van der Waals surface area contributed by atoms with Gasteiger partial charge in [0.2, 0.25) is 0 Å². The number of benzene rings is 1. The molecule has 1 atom stereocenters. The third-order valence-electron chi connectivity index (χ3n) is 5.56. The highest BCUT2D eigenvalue weighted by atomic mass is 35.5. The molecule has 1 aromatic rings. The summed E-state index contributed by atoms with van der Waals surface area (Å²) in [7, 11) is 0. The molecule has 1 aromatic carbocycles. The molecule has 2 amide bonds. The number of unbranched alkanes of at least 4 members (excludes halogenated alkanes) is 2. The summed E-state index contributed by atoms with van der Waals surface area (Å²) in [6.45, 7) is 10.3. The molecule has 3 N–H and O–H groups in total. The number of carbonyl (C=O) groups excluding carboxylic acids is 3. The monoisotopic (exact) mass is 560 g/mol. The smallest absolute Gasteiger partial charge is 0.306 e. The van der Waals surface area contributed by atoms with Crippen molar-refractivity contribution in [1.82, 2.24) is 10.2 Å². The van der Waals surface area contributed by atoms with Gasteiger partial charge in [0.1, 0.15) is 29.0 Å². The highest BCUT2D eigenvalue weighted by Gasteiger charge is 2.34. The van der Waals surface area contributed by atoms with Crippen LogP contribution in [-0.4, -0.2) is 53.3 Å². The van der Waals surface area contributed by atoms with E-state index in [1.165, 1.54) is 17.1 Å². The van der Waals surface area contributed by atoms with Gasteiger partial charge < -0.3 is 25.4 Å². The van der Waals surface area contributed by atoms with E-state index in [1.54, 1.807) is 30.5 Å². The molecular formula is C29H41ClN4O5. The lowest BCUT2D eigenvalue weighted by Gasteiger charge is -2.26. The van der Waals surface area contributed by atoms with Gasteiger partial charge in [-0.2, -0.15) is 4.99 Å². The maximum absolute atomic E-state index is 13.1. The van der Waals surface area contributed by atoms with Crippen molar-refractivity contribution in [3.8, 4) is 5.75 Å². The van der Waals surface area contributed by atoms with Gasteiger partial charge in [0.05, 0.1) is 11.6 Å². The van der Waals surface area contributed by atoms with Gasteiger partial charge in [-0.25, -0.2) is 0 Å². The summed E-state index contributed by atoms with van der Waals surface area (Å²) in [6, 6.07) is 6.21. The summed E-state index contributed by atoms with van der Waals surface area (Å²) in [6.07, 6.45) is 7.84. The van der Waals surface area contributed by atoms with E-state index in [0.717, 1.165) is 19.3 Å². The van der Waals surface area contributed by atoms with Gasteiger partial charge in [-0.15, -0.1) is 0 Å². The summed E-state index contributed by atoms with van der Waals surface area (Å²) >= 11 is 6.16. The van der Waals surface area contributed by atoms with E-state index in [0.29, 0.717) is 35.9 Å².